The lowest BCUT2D eigenvalue weighted by Gasteiger charge is -2.59. The summed E-state index contributed by atoms with van der Waals surface area (Å²) < 4.78 is 0. The van der Waals surface area contributed by atoms with Gasteiger partial charge in [-0.05, 0) is 0 Å². The van der Waals surface area contributed by atoms with Gasteiger partial charge in [-0.25, -0.2) is 9.80 Å². The molecule has 0 spiro atoms. The molecule has 0 radical (unpaired) electrons. The van der Waals surface area contributed by atoms with Gasteiger partial charge in [0.1, 0.15) is 6.29 Å². The van der Waals surface area contributed by atoms with Crippen molar-refractivity contribution in [1.82, 2.24) is 19.6 Å². The molecular weight excluding hydrogens is 142 g/mol. The molecule has 0 amide bonds. The van der Waals surface area contributed by atoms with Crippen molar-refractivity contribution in [3.8, 4) is 0 Å². The first-order chi connectivity index (χ1) is 5.33. The summed E-state index contributed by atoms with van der Waals surface area (Å²) in [4.78, 5) is 9.37. The SMILES string of the molecule is NC1N2CN3CN(C2)CN1C3. The Morgan fingerprint density at radius 1 is 0.818 bits per heavy atom. The molecule has 4 bridgehead atoms. The van der Waals surface area contributed by atoms with Crippen LogP contribution in [0.1, 0.15) is 0 Å². The molecule has 11 heavy (non-hydrogen) atoms. The van der Waals surface area contributed by atoms with Crippen molar-refractivity contribution >= 4 is 0 Å². The van der Waals surface area contributed by atoms with E-state index in [2.05, 4.69) is 19.6 Å². The fraction of sp³-hybridized carbons (Fsp3) is 1.00. The molecule has 5 heteroatoms. The first-order valence-corrected chi connectivity index (χ1v) is 4.01. The van der Waals surface area contributed by atoms with Crippen molar-refractivity contribution in [2.75, 3.05) is 33.3 Å². The van der Waals surface area contributed by atoms with Crippen LogP contribution in [-0.4, -0.2) is 59.2 Å². The highest BCUT2D eigenvalue weighted by Crippen LogP contribution is 2.23. The van der Waals surface area contributed by atoms with Crippen LogP contribution in [0.4, 0.5) is 0 Å². The van der Waals surface area contributed by atoms with Gasteiger partial charge in [0.25, 0.3) is 0 Å². The molecule has 4 fully saturated rings. The lowest BCUT2D eigenvalue weighted by Crippen LogP contribution is -2.77. The lowest BCUT2D eigenvalue weighted by molar-refractivity contribution is -0.229. The van der Waals surface area contributed by atoms with Gasteiger partial charge in [-0.15, -0.1) is 0 Å². The Balaban J connectivity index is 1.91. The molecule has 0 aliphatic carbocycles. The maximum Gasteiger partial charge on any atom is 0.118 e. The second-order valence-corrected chi connectivity index (χ2v) is 3.64. The summed E-state index contributed by atoms with van der Waals surface area (Å²) in [7, 11) is 0. The molecule has 4 aliphatic rings. The van der Waals surface area contributed by atoms with Gasteiger partial charge in [-0.3, -0.25) is 9.80 Å². The van der Waals surface area contributed by atoms with Crippen molar-refractivity contribution < 1.29 is 0 Å². The van der Waals surface area contributed by atoms with Crippen LogP contribution in [0.25, 0.3) is 0 Å². The van der Waals surface area contributed by atoms with Crippen LogP contribution in [-0.2, 0) is 0 Å². The highest BCUT2D eigenvalue weighted by atomic mass is 15.7. The first kappa shape index (κ1) is 6.33. The minimum atomic E-state index is 0.169. The van der Waals surface area contributed by atoms with Gasteiger partial charge in [0.2, 0.25) is 0 Å². The maximum atomic E-state index is 5.97. The largest absolute Gasteiger partial charge is 0.303 e. The molecule has 5 nitrogen and oxygen atoms in total. The molecular formula is C6H13N5. The Morgan fingerprint density at radius 3 is 1.73 bits per heavy atom. The highest BCUT2D eigenvalue weighted by Gasteiger charge is 2.41. The van der Waals surface area contributed by atoms with E-state index in [0.717, 1.165) is 33.3 Å². The Bertz CT molecular complexity index is 154. The molecule has 4 rings (SSSR count). The fourth-order valence-electron chi connectivity index (χ4n) is 2.23. The maximum absolute atomic E-state index is 5.97. The van der Waals surface area contributed by atoms with Crippen LogP contribution in [0.3, 0.4) is 0 Å². The summed E-state index contributed by atoms with van der Waals surface area (Å²) >= 11 is 0. The van der Waals surface area contributed by atoms with Gasteiger partial charge in [-0.2, -0.15) is 0 Å². The quantitative estimate of drug-likeness (QED) is 0.450. The second kappa shape index (κ2) is 1.94. The third-order valence-corrected chi connectivity index (χ3v) is 2.67. The van der Waals surface area contributed by atoms with Crippen LogP contribution < -0.4 is 5.73 Å². The average molecular weight is 155 g/mol. The van der Waals surface area contributed by atoms with Crippen molar-refractivity contribution in [2.24, 2.45) is 5.73 Å². The molecule has 4 saturated heterocycles. The third kappa shape index (κ3) is 0.771. The zero-order chi connectivity index (χ0) is 7.42. The van der Waals surface area contributed by atoms with Crippen molar-refractivity contribution in [3.63, 3.8) is 0 Å². The number of rotatable bonds is 0. The van der Waals surface area contributed by atoms with Crippen LogP contribution in [0.2, 0.25) is 0 Å². The van der Waals surface area contributed by atoms with E-state index in [-0.39, 0.29) is 6.29 Å². The summed E-state index contributed by atoms with van der Waals surface area (Å²) in [5.74, 6) is 0. The van der Waals surface area contributed by atoms with E-state index in [0.29, 0.717) is 0 Å². The number of nitrogens with two attached hydrogens (primary N) is 1. The van der Waals surface area contributed by atoms with Crippen LogP contribution in [0.5, 0.6) is 0 Å². The van der Waals surface area contributed by atoms with E-state index >= 15 is 0 Å². The molecule has 0 aromatic heterocycles. The van der Waals surface area contributed by atoms with Crippen LogP contribution in [0.15, 0.2) is 0 Å². The van der Waals surface area contributed by atoms with E-state index in [1.807, 2.05) is 0 Å². The predicted octanol–water partition coefficient (Wildman–Crippen LogP) is -1.73. The Hall–Kier alpha value is -0.200. The minimum Gasteiger partial charge on any atom is -0.303 e. The average Bonchev–Trinajstić information content (AvgIpc) is 1.98. The van der Waals surface area contributed by atoms with E-state index in [1.165, 1.54) is 0 Å². The van der Waals surface area contributed by atoms with E-state index in [1.54, 1.807) is 0 Å². The van der Waals surface area contributed by atoms with E-state index < -0.39 is 0 Å². The molecule has 2 N–H and O–H groups in total. The topological polar surface area (TPSA) is 39.0 Å². The molecule has 62 valence electrons. The summed E-state index contributed by atoms with van der Waals surface area (Å²) in [6.07, 6.45) is 0.169. The fourth-order valence-corrected chi connectivity index (χ4v) is 2.23. The van der Waals surface area contributed by atoms with Gasteiger partial charge >= 0.3 is 0 Å². The zero-order valence-corrected chi connectivity index (χ0v) is 6.48. The number of nitrogens with zero attached hydrogens (tertiary/aromatic N) is 4. The van der Waals surface area contributed by atoms with E-state index in [4.69, 9.17) is 5.73 Å². The number of hydrogen-bond donors (Lipinski definition) is 1. The molecule has 4 heterocycles. The van der Waals surface area contributed by atoms with Gasteiger partial charge in [-0.1, -0.05) is 0 Å². The van der Waals surface area contributed by atoms with Crippen LogP contribution in [0, 0.1) is 0 Å². The summed E-state index contributed by atoms with van der Waals surface area (Å²) in [5, 5.41) is 0. The van der Waals surface area contributed by atoms with Gasteiger partial charge in [0.15, 0.2) is 0 Å². The first-order valence-electron chi connectivity index (χ1n) is 4.01. The summed E-state index contributed by atoms with van der Waals surface area (Å²) in [6.45, 7) is 5.32. The third-order valence-electron chi connectivity index (χ3n) is 2.67. The molecule has 0 unspecified atom stereocenters. The Morgan fingerprint density at radius 2 is 1.27 bits per heavy atom. The molecule has 0 aromatic carbocycles. The molecule has 0 atom stereocenters. The van der Waals surface area contributed by atoms with E-state index in [9.17, 15) is 0 Å². The van der Waals surface area contributed by atoms with Crippen molar-refractivity contribution in [2.45, 2.75) is 6.29 Å². The summed E-state index contributed by atoms with van der Waals surface area (Å²) in [5.41, 5.74) is 5.97. The number of hydrogen-bond acceptors (Lipinski definition) is 5. The normalized spacial score (nSPS) is 60.3. The predicted molar refractivity (Wildman–Crippen MR) is 39.7 cm³/mol. The van der Waals surface area contributed by atoms with Gasteiger partial charge in [0.05, 0.1) is 33.3 Å². The van der Waals surface area contributed by atoms with Gasteiger partial charge < -0.3 is 5.73 Å². The summed E-state index contributed by atoms with van der Waals surface area (Å²) in [6, 6.07) is 0. The van der Waals surface area contributed by atoms with Gasteiger partial charge in [0, 0.05) is 0 Å². The zero-order valence-electron chi connectivity index (χ0n) is 6.48. The highest BCUT2D eigenvalue weighted by molar-refractivity contribution is 4.84. The molecule has 0 aromatic rings. The van der Waals surface area contributed by atoms with Crippen molar-refractivity contribution in [3.05, 3.63) is 0 Å². The molecule has 0 saturated carbocycles. The second-order valence-electron chi connectivity index (χ2n) is 3.64. The minimum absolute atomic E-state index is 0.169. The van der Waals surface area contributed by atoms with Crippen LogP contribution >= 0.6 is 0 Å². The lowest BCUT2D eigenvalue weighted by atomic mass is 10.3. The Kier molecular flexibility index (Phi) is 1.11. The smallest absolute Gasteiger partial charge is 0.118 e. The monoisotopic (exact) mass is 155 g/mol. The Labute approximate surface area is 65.9 Å². The van der Waals surface area contributed by atoms with Crippen molar-refractivity contribution in [1.29, 1.82) is 0 Å². The molecule has 4 aliphatic heterocycles. The standard InChI is InChI=1S/C6H13N5/c7-6-10-2-8-1-9(4-10)5-11(6)3-8/h6H,1-5,7H2.